The Morgan fingerprint density at radius 3 is 2.67 bits per heavy atom. The molecule has 12 heavy (non-hydrogen) atoms. The van der Waals surface area contributed by atoms with Gasteiger partial charge >= 0.3 is 0 Å². The highest BCUT2D eigenvalue weighted by Gasteiger charge is 2.30. The molecule has 0 bridgehead atoms. The van der Waals surface area contributed by atoms with Crippen molar-refractivity contribution in [3.8, 4) is 0 Å². The molecule has 1 aliphatic rings. The standard InChI is InChI=1S/C9H19NO2/c1-9(3-2-4-9)10-5-7-12-8-6-11/h10-11H,2-8H2,1H3. The van der Waals surface area contributed by atoms with Crippen LogP contribution in [0.4, 0.5) is 0 Å². The van der Waals surface area contributed by atoms with Crippen LogP contribution in [-0.2, 0) is 4.74 Å². The summed E-state index contributed by atoms with van der Waals surface area (Å²) in [5.41, 5.74) is 0.378. The van der Waals surface area contributed by atoms with Gasteiger partial charge in [0.15, 0.2) is 0 Å². The van der Waals surface area contributed by atoms with Crippen LogP contribution < -0.4 is 5.32 Å². The number of aliphatic hydroxyl groups is 1. The smallest absolute Gasteiger partial charge is 0.0698 e. The zero-order chi connectivity index (χ0) is 8.86. The van der Waals surface area contributed by atoms with Crippen molar-refractivity contribution in [2.75, 3.05) is 26.4 Å². The zero-order valence-corrected chi connectivity index (χ0v) is 7.81. The lowest BCUT2D eigenvalue weighted by atomic mass is 9.78. The summed E-state index contributed by atoms with van der Waals surface area (Å²) in [5.74, 6) is 0. The van der Waals surface area contributed by atoms with Crippen LogP contribution in [0.3, 0.4) is 0 Å². The molecule has 1 aliphatic carbocycles. The molecular formula is C9H19NO2. The van der Waals surface area contributed by atoms with E-state index in [0.717, 1.165) is 6.54 Å². The Hall–Kier alpha value is -0.120. The highest BCUT2D eigenvalue weighted by Crippen LogP contribution is 2.30. The molecule has 0 heterocycles. The molecular weight excluding hydrogens is 154 g/mol. The first-order chi connectivity index (χ1) is 5.77. The summed E-state index contributed by atoms with van der Waals surface area (Å²) in [7, 11) is 0. The summed E-state index contributed by atoms with van der Waals surface area (Å²) in [4.78, 5) is 0. The summed E-state index contributed by atoms with van der Waals surface area (Å²) >= 11 is 0. The van der Waals surface area contributed by atoms with E-state index in [1.165, 1.54) is 19.3 Å². The number of rotatable bonds is 6. The van der Waals surface area contributed by atoms with Gasteiger partial charge in [-0.05, 0) is 26.2 Å². The maximum atomic E-state index is 8.44. The number of hydrogen-bond donors (Lipinski definition) is 2. The van der Waals surface area contributed by atoms with Crippen LogP contribution in [0.2, 0.25) is 0 Å². The van der Waals surface area contributed by atoms with Crippen LogP contribution >= 0.6 is 0 Å². The lowest BCUT2D eigenvalue weighted by molar-refractivity contribution is 0.0843. The molecule has 0 unspecified atom stereocenters. The molecule has 0 aromatic rings. The van der Waals surface area contributed by atoms with Crippen molar-refractivity contribution in [2.45, 2.75) is 31.7 Å². The highest BCUT2D eigenvalue weighted by atomic mass is 16.5. The second-order valence-electron chi connectivity index (χ2n) is 3.68. The average Bonchev–Trinajstić information content (AvgIpc) is 2.01. The molecule has 0 amide bonds. The summed E-state index contributed by atoms with van der Waals surface area (Å²) in [6, 6.07) is 0. The minimum atomic E-state index is 0.122. The highest BCUT2D eigenvalue weighted by molar-refractivity contribution is 4.91. The predicted molar refractivity (Wildman–Crippen MR) is 48.2 cm³/mol. The van der Waals surface area contributed by atoms with Crippen LogP contribution in [-0.4, -0.2) is 37.0 Å². The Morgan fingerprint density at radius 2 is 2.17 bits per heavy atom. The van der Waals surface area contributed by atoms with Gasteiger partial charge in [-0.15, -0.1) is 0 Å². The van der Waals surface area contributed by atoms with Gasteiger partial charge in [-0.25, -0.2) is 0 Å². The number of hydrogen-bond acceptors (Lipinski definition) is 3. The van der Waals surface area contributed by atoms with Crippen molar-refractivity contribution in [1.29, 1.82) is 0 Å². The minimum Gasteiger partial charge on any atom is -0.394 e. The zero-order valence-electron chi connectivity index (χ0n) is 7.81. The predicted octanol–water partition coefficient (Wildman–Crippen LogP) is 0.527. The average molecular weight is 173 g/mol. The van der Waals surface area contributed by atoms with Gasteiger partial charge in [-0.3, -0.25) is 0 Å². The topological polar surface area (TPSA) is 41.5 Å². The molecule has 1 rings (SSSR count). The van der Waals surface area contributed by atoms with E-state index in [1.807, 2.05) is 0 Å². The third-order valence-corrected chi connectivity index (χ3v) is 2.49. The largest absolute Gasteiger partial charge is 0.394 e. The number of aliphatic hydroxyl groups excluding tert-OH is 1. The summed E-state index contributed by atoms with van der Waals surface area (Å²) in [6.45, 7) is 4.44. The quantitative estimate of drug-likeness (QED) is 0.576. The second kappa shape index (κ2) is 4.80. The first kappa shape index (κ1) is 9.96. The molecule has 3 nitrogen and oxygen atoms in total. The van der Waals surface area contributed by atoms with Crippen molar-refractivity contribution in [3.05, 3.63) is 0 Å². The van der Waals surface area contributed by atoms with Crippen LogP contribution in [0.25, 0.3) is 0 Å². The van der Waals surface area contributed by atoms with Crippen molar-refractivity contribution < 1.29 is 9.84 Å². The Bertz CT molecular complexity index is 124. The lowest BCUT2D eigenvalue weighted by Gasteiger charge is -2.39. The Morgan fingerprint density at radius 1 is 1.42 bits per heavy atom. The van der Waals surface area contributed by atoms with E-state index in [-0.39, 0.29) is 6.61 Å². The van der Waals surface area contributed by atoms with Crippen LogP contribution in [0.5, 0.6) is 0 Å². The van der Waals surface area contributed by atoms with E-state index in [9.17, 15) is 0 Å². The third kappa shape index (κ3) is 3.09. The Labute approximate surface area is 74.1 Å². The van der Waals surface area contributed by atoms with E-state index >= 15 is 0 Å². The van der Waals surface area contributed by atoms with Crippen molar-refractivity contribution >= 4 is 0 Å². The van der Waals surface area contributed by atoms with Crippen molar-refractivity contribution in [2.24, 2.45) is 0 Å². The molecule has 0 atom stereocenters. The van der Waals surface area contributed by atoms with Gasteiger partial charge < -0.3 is 15.2 Å². The first-order valence-corrected chi connectivity index (χ1v) is 4.70. The maximum absolute atomic E-state index is 8.44. The fourth-order valence-corrected chi connectivity index (χ4v) is 1.48. The fraction of sp³-hybridized carbons (Fsp3) is 1.00. The summed E-state index contributed by atoms with van der Waals surface area (Å²) in [6.07, 6.45) is 3.92. The summed E-state index contributed by atoms with van der Waals surface area (Å²) < 4.78 is 5.13. The first-order valence-electron chi connectivity index (χ1n) is 4.70. The Kier molecular flexibility index (Phi) is 3.98. The monoisotopic (exact) mass is 173 g/mol. The molecule has 3 heteroatoms. The molecule has 2 N–H and O–H groups in total. The van der Waals surface area contributed by atoms with Gasteiger partial charge in [0.1, 0.15) is 0 Å². The molecule has 0 aromatic heterocycles. The summed E-state index contributed by atoms with van der Waals surface area (Å²) in [5, 5.41) is 11.9. The van der Waals surface area contributed by atoms with E-state index < -0.39 is 0 Å². The fourth-order valence-electron chi connectivity index (χ4n) is 1.48. The number of ether oxygens (including phenoxy) is 1. The SMILES string of the molecule is CC1(NCCOCCO)CCC1. The van der Waals surface area contributed by atoms with E-state index in [2.05, 4.69) is 12.2 Å². The van der Waals surface area contributed by atoms with Crippen LogP contribution in [0.15, 0.2) is 0 Å². The Balaban J connectivity index is 1.88. The van der Waals surface area contributed by atoms with Crippen LogP contribution in [0, 0.1) is 0 Å². The molecule has 0 aliphatic heterocycles. The van der Waals surface area contributed by atoms with E-state index in [4.69, 9.17) is 9.84 Å². The normalized spacial score (nSPS) is 20.5. The molecule has 0 saturated heterocycles. The lowest BCUT2D eigenvalue weighted by Crippen LogP contribution is -2.49. The molecule has 1 saturated carbocycles. The van der Waals surface area contributed by atoms with Gasteiger partial charge in [0.2, 0.25) is 0 Å². The molecule has 0 spiro atoms. The minimum absolute atomic E-state index is 0.122. The van der Waals surface area contributed by atoms with Crippen molar-refractivity contribution in [1.82, 2.24) is 5.32 Å². The molecule has 0 aromatic carbocycles. The van der Waals surface area contributed by atoms with Gasteiger partial charge in [-0.1, -0.05) is 0 Å². The van der Waals surface area contributed by atoms with Gasteiger partial charge in [0.05, 0.1) is 19.8 Å². The van der Waals surface area contributed by atoms with Crippen molar-refractivity contribution in [3.63, 3.8) is 0 Å². The van der Waals surface area contributed by atoms with Gasteiger partial charge in [-0.2, -0.15) is 0 Å². The van der Waals surface area contributed by atoms with E-state index in [1.54, 1.807) is 0 Å². The van der Waals surface area contributed by atoms with Gasteiger partial charge in [0.25, 0.3) is 0 Å². The molecule has 72 valence electrons. The second-order valence-corrected chi connectivity index (χ2v) is 3.68. The maximum Gasteiger partial charge on any atom is 0.0698 e. The number of nitrogens with one attached hydrogen (secondary N) is 1. The van der Waals surface area contributed by atoms with Crippen LogP contribution in [0.1, 0.15) is 26.2 Å². The molecule has 1 fully saturated rings. The third-order valence-electron chi connectivity index (χ3n) is 2.49. The van der Waals surface area contributed by atoms with Gasteiger partial charge in [0, 0.05) is 12.1 Å². The molecule has 0 radical (unpaired) electrons. The van der Waals surface area contributed by atoms with E-state index in [0.29, 0.717) is 18.8 Å².